The second-order valence-corrected chi connectivity index (χ2v) is 20.4. The minimum Gasteiger partial charge on any atom is -0.466 e. The van der Waals surface area contributed by atoms with Crippen molar-refractivity contribution in [2.24, 2.45) is 49.7 Å². The molecule has 0 saturated heterocycles. The molecule has 2 aliphatic carbocycles. The lowest BCUT2D eigenvalue weighted by atomic mass is 9.59. The van der Waals surface area contributed by atoms with E-state index >= 15 is 0 Å². The molecule has 14 heteroatoms. The zero-order valence-electron chi connectivity index (χ0n) is 36.3. The maximum atomic E-state index is 14.5. The summed E-state index contributed by atoms with van der Waals surface area (Å²) in [7, 11) is -4.34. The summed E-state index contributed by atoms with van der Waals surface area (Å²) in [6.45, 7) is 28.6. The molecule has 13 nitrogen and oxygen atoms in total. The lowest BCUT2D eigenvalue weighted by molar-refractivity contribution is -0.167. The van der Waals surface area contributed by atoms with Gasteiger partial charge >= 0.3 is 25.7 Å². The Kier molecular flexibility index (Phi) is 14.8. The third kappa shape index (κ3) is 9.52. The number of carbonyl (C=O) groups is 3. The number of hydrogen-bond acceptors (Lipinski definition) is 11. The van der Waals surface area contributed by atoms with Gasteiger partial charge in [0.05, 0.1) is 42.3 Å². The average Bonchev–Trinajstić information content (AvgIpc) is 3.69. The Hall–Kier alpha value is -2.34. The van der Waals surface area contributed by atoms with Crippen LogP contribution in [0, 0.1) is 49.7 Å². The zero-order valence-corrected chi connectivity index (χ0v) is 37.2. The molecule has 6 unspecified atom stereocenters. The molecule has 2 aliphatic rings. The van der Waals surface area contributed by atoms with E-state index in [0.29, 0.717) is 37.3 Å². The van der Waals surface area contributed by atoms with Crippen molar-refractivity contribution in [2.45, 2.75) is 155 Å². The summed E-state index contributed by atoms with van der Waals surface area (Å²) >= 11 is 0. The van der Waals surface area contributed by atoms with Gasteiger partial charge in [-0.2, -0.15) is 0 Å². The minimum atomic E-state index is -4.34. The minimum absolute atomic E-state index is 0.00836. The van der Waals surface area contributed by atoms with Gasteiger partial charge in [-0.1, -0.05) is 87.8 Å². The number of nitrogens with zero attached hydrogens (tertiary/aromatic N) is 3. The number of phosphoric ester groups is 1. The van der Waals surface area contributed by atoms with Crippen molar-refractivity contribution in [3.05, 3.63) is 11.9 Å². The van der Waals surface area contributed by atoms with Crippen LogP contribution in [0.25, 0.3) is 0 Å². The molecule has 1 aromatic rings. The molecule has 3 rings (SSSR count). The van der Waals surface area contributed by atoms with Crippen LogP contribution in [0.1, 0.15) is 148 Å². The van der Waals surface area contributed by atoms with Gasteiger partial charge in [0.15, 0.2) is 0 Å². The molecule has 0 aromatic carbocycles. The Bertz CT molecular complexity index is 1560. The predicted octanol–water partition coefficient (Wildman–Crippen LogP) is 8.72. The summed E-state index contributed by atoms with van der Waals surface area (Å²) in [6, 6.07) is 0. The molecule has 2 saturated carbocycles. The highest BCUT2D eigenvalue weighted by molar-refractivity contribution is 7.47. The maximum absolute atomic E-state index is 14.5. The molecule has 55 heavy (non-hydrogen) atoms. The molecule has 1 heterocycles. The van der Waals surface area contributed by atoms with E-state index in [0.717, 1.165) is 25.8 Å². The molecule has 1 N–H and O–H groups in total. The molecule has 0 amide bonds. The Morgan fingerprint density at radius 3 is 2.15 bits per heavy atom. The molecule has 0 radical (unpaired) electrons. The number of aryl methyl sites for hydroxylation is 1. The summed E-state index contributed by atoms with van der Waals surface area (Å²) in [4.78, 5) is 52.2. The zero-order chi connectivity index (χ0) is 41.9. The van der Waals surface area contributed by atoms with Gasteiger partial charge in [-0.3, -0.25) is 28.1 Å². The first-order valence-electron chi connectivity index (χ1n) is 20.3. The Labute approximate surface area is 330 Å². The average molecular weight is 798 g/mol. The van der Waals surface area contributed by atoms with E-state index in [1.165, 1.54) is 0 Å². The monoisotopic (exact) mass is 797 g/mol. The van der Waals surface area contributed by atoms with Gasteiger partial charge in [-0.25, -0.2) is 4.57 Å². The van der Waals surface area contributed by atoms with Crippen molar-refractivity contribution in [1.82, 2.24) is 15.0 Å². The number of esters is 3. The van der Waals surface area contributed by atoms with Crippen LogP contribution in [0.2, 0.25) is 0 Å². The quantitative estimate of drug-likeness (QED) is 0.0458. The second kappa shape index (κ2) is 17.3. The Morgan fingerprint density at radius 2 is 1.58 bits per heavy atom. The molecule has 316 valence electrons. The lowest BCUT2D eigenvalue weighted by Gasteiger charge is -2.45. The van der Waals surface area contributed by atoms with Crippen LogP contribution in [-0.4, -0.2) is 64.2 Å². The summed E-state index contributed by atoms with van der Waals surface area (Å²) < 4.78 is 41.9. The van der Waals surface area contributed by atoms with E-state index in [-0.39, 0.29) is 56.3 Å². The first-order chi connectivity index (χ1) is 25.3. The SMILES string of the molecule is CCCn1cc(COC(=O)C2(CC(C)(C)C3(C)CC3(CC(C)(C)C(C)(C)C(=O)OCC)C(=O)OCCOP(=O)(O)OCCCC(C)CC)C(C)C2(C)C)nn1. The van der Waals surface area contributed by atoms with Crippen LogP contribution >= 0.6 is 7.82 Å². The van der Waals surface area contributed by atoms with Crippen molar-refractivity contribution in [3.63, 3.8) is 0 Å². The van der Waals surface area contributed by atoms with Gasteiger partial charge < -0.3 is 19.1 Å². The van der Waals surface area contributed by atoms with Crippen LogP contribution in [0.15, 0.2) is 6.20 Å². The fourth-order valence-electron chi connectivity index (χ4n) is 8.84. The van der Waals surface area contributed by atoms with E-state index in [9.17, 15) is 23.8 Å². The van der Waals surface area contributed by atoms with Crippen molar-refractivity contribution >= 4 is 25.7 Å². The van der Waals surface area contributed by atoms with Crippen molar-refractivity contribution in [3.8, 4) is 0 Å². The number of hydrogen-bond donors (Lipinski definition) is 1. The topological polar surface area (TPSA) is 165 Å². The van der Waals surface area contributed by atoms with E-state index in [2.05, 4.69) is 72.6 Å². The molecule has 0 aliphatic heterocycles. The van der Waals surface area contributed by atoms with E-state index in [1.807, 2.05) is 27.7 Å². The first-order valence-corrected chi connectivity index (χ1v) is 21.8. The fraction of sp³-hybridized carbons (Fsp3) is 0.878. The van der Waals surface area contributed by atoms with Crippen LogP contribution in [0.3, 0.4) is 0 Å². The Morgan fingerprint density at radius 1 is 0.964 bits per heavy atom. The van der Waals surface area contributed by atoms with Gasteiger partial charge in [-0.15, -0.1) is 5.10 Å². The third-order valence-corrected chi connectivity index (χ3v) is 15.4. The maximum Gasteiger partial charge on any atom is 0.472 e. The highest BCUT2D eigenvalue weighted by Gasteiger charge is 2.81. The van der Waals surface area contributed by atoms with Crippen LogP contribution in [0.5, 0.6) is 0 Å². The standard InChI is InChI=1S/C41H72N3O10P/c1-15-20-44-24-31(42-43-44)25-52-34(47)41(30(5)37(41,10)11)27-36(8,9)39(14)28-40(39,26-35(6,7)38(12,13)32(45)50-17-3)33(46)51-22-23-54-55(48,49)53-21-18-19-29(4)16-2/h24,29-30H,15-23,25-28H2,1-14H3,(H,48,49). The summed E-state index contributed by atoms with van der Waals surface area (Å²) in [5.74, 6) is -0.628. The highest BCUT2D eigenvalue weighted by Crippen LogP contribution is 2.81. The molecule has 0 spiro atoms. The molecule has 0 bridgehead atoms. The number of carbonyl (C=O) groups excluding carboxylic acids is 3. The van der Waals surface area contributed by atoms with E-state index in [1.54, 1.807) is 17.8 Å². The summed E-state index contributed by atoms with van der Waals surface area (Å²) in [6.07, 6.45) is 6.42. The van der Waals surface area contributed by atoms with Crippen molar-refractivity contribution < 1.29 is 47.1 Å². The van der Waals surface area contributed by atoms with Crippen LogP contribution in [-0.2, 0) is 55.4 Å². The Balaban J connectivity index is 1.85. The predicted molar refractivity (Wildman–Crippen MR) is 209 cm³/mol. The van der Waals surface area contributed by atoms with Gasteiger partial charge in [0.2, 0.25) is 0 Å². The third-order valence-electron chi connectivity index (χ3n) is 14.4. The number of phosphoric acid groups is 1. The normalized spacial score (nSPS) is 26.5. The summed E-state index contributed by atoms with van der Waals surface area (Å²) in [5.41, 5.74) is -4.61. The first kappa shape index (κ1) is 47.0. The largest absolute Gasteiger partial charge is 0.472 e. The molecule has 6 atom stereocenters. The van der Waals surface area contributed by atoms with Gasteiger partial charge in [0.1, 0.15) is 18.9 Å². The lowest BCUT2D eigenvalue weighted by Crippen LogP contribution is -2.46. The molecule has 2 fully saturated rings. The van der Waals surface area contributed by atoms with Crippen LogP contribution in [0.4, 0.5) is 0 Å². The van der Waals surface area contributed by atoms with E-state index in [4.69, 9.17) is 23.3 Å². The highest BCUT2D eigenvalue weighted by atomic mass is 31.2. The number of aromatic nitrogens is 3. The van der Waals surface area contributed by atoms with Crippen molar-refractivity contribution in [2.75, 3.05) is 26.4 Å². The number of rotatable bonds is 24. The molecule has 1 aromatic heterocycles. The van der Waals surface area contributed by atoms with Gasteiger partial charge in [0, 0.05) is 6.54 Å². The fourth-order valence-corrected chi connectivity index (χ4v) is 9.58. The van der Waals surface area contributed by atoms with Gasteiger partial charge in [-0.05, 0) is 92.8 Å². The smallest absolute Gasteiger partial charge is 0.466 e. The van der Waals surface area contributed by atoms with Crippen LogP contribution < -0.4 is 0 Å². The second-order valence-electron chi connectivity index (χ2n) is 18.9. The number of ether oxygens (including phenoxy) is 3. The molecular formula is C41H72N3O10P. The molecular weight excluding hydrogens is 725 g/mol. The van der Waals surface area contributed by atoms with E-state index < -0.39 is 46.3 Å². The van der Waals surface area contributed by atoms with Crippen molar-refractivity contribution in [1.29, 1.82) is 0 Å². The van der Waals surface area contributed by atoms with Gasteiger partial charge in [0.25, 0.3) is 0 Å². The summed E-state index contributed by atoms with van der Waals surface area (Å²) in [5, 5.41) is 8.31.